The Labute approximate surface area is 163 Å². The lowest BCUT2D eigenvalue weighted by atomic mass is 10.0. The summed E-state index contributed by atoms with van der Waals surface area (Å²) in [6, 6.07) is 16.8. The molecule has 4 rings (SSSR count). The SMILES string of the molecule is CCOc1cccc(C2Nc3ccccc3C(=O)N2c2ccncc2)c1OC. The zero-order valence-electron chi connectivity index (χ0n) is 15.8. The third-order valence-electron chi connectivity index (χ3n) is 4.68. The van der Waals surface area contributed by atoms with Gasteiger partial charge in [-0.2, -0.15) is 0 Å². The number of fused-ring (bicyclic) bond motifs is 1. The maximum Gasteiger partial charge on any atom is 0.262 e. The standard InChI is InChI=1S/C22H21N3O3/c1-3-28-19-10-6-8-17(20(19)27-2)21-24-18-9-5-4-7-16(18)22(26)25(21)15-11-13-23-14-12-15/h4-14,21,24H,3H2,1-2H3. The van der Waals surface area contributed by atoms with Crippen molar-refractivity contribution in [2.75, 3.05) is 23.9 Å². The maximum absolute atomic E-state index is 13.4. The van der Waals surface area contributed by atoms with Crippen LogP contribution in [0, 0.1) is 0 Å². The molecule has 142 valence electrons. The van der Waals surface area contributed by atoms with Gasteiger partial charge in [-0.3, -0.25) is 14.7 Å². The molecular weight excluding hydrogens is 354 g/mol. The smallest absolute Gasteiger partial charge is 0.262 e. The van der Waals surface area contributed by atoms with Gasteiger partial charge >= 0.3 is 0 Å². The molecule has 6 nitrogen and oxygen atoms in total. The number of benzene rings is 2. The average molecular weight is 375 g/mol. The maximum atomic E-state index is 13.4. The number of carbonyl (C=O) groups is 1. The van der Waals surface area contributed by atoms with Crippen molar-refractivity contribution in [2.45, 2.75) is 13.1 Å². The van der Waals surface area contributed by atoms with Crippen LogP contribution in [0.1, 0.15) is 29.0 Å². The Morgan fingerprint density at radius 1 is 1.07 bits per heavy atom. The molecule has 1 N–H and O–H groups in total. The number of nitrogens with zero attached hydrogens (tertiary/aromatic N) is 2. The summed E-state index contributed by atoms with van der Waals surface area (Å²) in [5.74, 6) is 1.16. The Morgan fingerprint density at radius 3 is 2.61 bits per heavy atom. The van der Waals surface area contributed by atoms with E-state index in [0.717, 1.165) is 16.9 Å². The molecular formula is C22H21N3O3. The van der Waals surface area contributed by atoms with Crippen LogP contribution in [0.3, 0.4) is 0 Å². The number of anilines is 2. The lowest BCUT2D eigenvalue weighted by Crippen LogP contribution is -2.43. The number of aromatic nitrogens is 1. The van der Waals surface area contributed by atoms with Crippen LogP contribution in [0.5, 0.6) is 11.5 Å². The molecule has 1 unspecified atom stereocenters. The van der Waals surface area contributed by atoms with Crippen LogP contribution in [0.15, 0.2) is 67.0 Å². The summed E-state index contributed by atoms with van der Waals surface area (Å²) in [7, 11) is 1.61. The van der Waals surface area contributed by atoms with Gasteiger partial charge in [-0.1, -0.05) is 24.3 Å². The number of ether oxygens (including phenoxy) is 2. The van der Waals surface area contributed by atoms with Gasteiger partial charge in [0.1, 0.15) is 6.17 Å². The number of carbonyl (C=O) groups excluding carboxylic acids is 1. The van der Waals surface area contributed by atoms with Crippen molar-refractivity contribution in [3.8, 4) is 11.5 Å². The summed E-state index contributed by atoms with van der Waals surface area (Å²) < 4.78 is 11.4. The quantitative estimate of drug-likeness (QED) is 0.722. The minimum Gasteiger partial charge on any atom is -0.492 e. The number of nitrogens with one attached hydrogen (secondary N) is 1. The van der Waals surface area contributed by atoms with Crippen molar-refractivity contribution < 1.29 is 14.3 Å². The van der Waals surface area contributed by atoms with Crippen LogP contribution in [-0.4, -0.2) is 24.6 Å². The van der Waals surface area contributed by atoms with Crippen molar-refractivity contribution in [3.63, 3.8) is 0 Å². The minimum absolute atomic E-state index is 0.0885. The van der Waals surface area contributed by atoms with E-state index in [1.807, 2.05) is 61.5 Å². The van der Waals surface area contributed by atoms with Crippen LogP contribution in [0.25, 0.3) is 0 Å². The molecule has 0 fully saturated rings. The first-order valence-corrected chi connectivity index (χ1v) is 9.13. The molecule has 0 aliphatic carbocycles. The predicted molar refractivity (Wildman–Crippen MR) is 108 cm³/mol. The van der Waals surface area contributed by atoms with E-state index in [4.69, 9.17) is 9.47 Å². The average Bonchev–Trinajstić information content (AvgIpc) is 2.74. The Morgan fingerprint density at radius 2 is 1.86 bits per heavy atom. The van der Waals surface area contributed by atoms with Crippen molar-refractivity contribution in [1.29, 1.82) is 0 Å². The monoisotopic (exact) mass is 375 g/mol. The van der Waals surface area contributed by atoms with Gasteiger partial charge in [-0.05, 0) is 37.3 Å². The fourth-order valence-electron chi connectivity index (χ4n) is 3.48. The molecule has 1 atom stereocenters. The van der Waals surface area contributed by atoms with E-state index in [9.17, 15) is 4.79 Å². The van der Waals surface area contributed by atoms with Crippen LogP contribution in [0.4, 0.5) is 11.4 Å². The summed E-state index contributed by atoms with van der Waals surface area (Å²) >= 11 is 0. The van der Waals surface area contributed by atoms with Crippen molar-refractivity contribution in [2.24, 2.45) is 0 Å². The molecule has 1 aliphatic rings. The van der Waals surface area contributed by atoms with E-state index >= 15 is 0 Å². The van der Waals surface area contributed by atoms with E-state index in [0.29, 0.717) is 23.7 Å². The van der Waals surface area contributed by atoms with Gasteiger partial charge in [0, 0.05) is 29.3 Å². The highest BCUT2D eigenvalue weighted by Crippen LogP contribution is 2.42. The molecule has 0 saturated carbocycles. The van der Waals surface area contributed by atoms with E-state index < -0.39 is 6.17 Å². The van der Waals surface area contributed by atoms with E-state index in [2.05, 4.69) is 10.3 Å². The predicted octanol–water partition coefficient (Wildman–Crippen LogP) is 4.26. The van der Waals surface area contributed by atoms with Crippen LogP contribution >= 0.6 is 0 Å². The zero-order valence-corrected chi connectivity index (χ0v) is 15.8. The highest BCUT2D eigenvalue weighted by molar-refractivity contribution is 6.12. The normalized spacial score (nSPS) is 15.6. The van der Waals surface area contributed by atoms with Gasteiger partial charge < -0.3 is 14.8 Å². The Balaban J connectivity index is 1.89. The molecule has 2 heterocycles. The van der Waals surface area contributed by atoms with Crippen molar-refractivity contribution >= 4 is 17.3 Å². The second-order valence-corrected chi connectivity index (χ2v) is 6.28. The molecule has 2 aromatic carbocycles. The number of para-hydroxylation sites is 2. The summed E-state index contributed by atoms with van der Waals surface area (Å²) in [4.78, 5) is 19.2. The van der Waals surface area contributed by atoms with Crippen LogP contribution in [-0.2, 0) is 0 Å². The molecule has 0 radical (unpaired) electrons. The van der Waals surface area contributed by atoms with E-state index in [-0.39, 0.29) is 5.91 Å². The number of rotatable bonds is 5. The van der Waals surface area contributed by atoms with Crippen molar-refractivity contribution in [1.82, 2.24) is 4.98 Å². The van der Waals surface area contributed by atoms with Gasteiger partial charge in [0.05, 0.1) is 19.3 Å². The number of amides is 1. The lowest BCUT2D eigenvalue weighted by molar-refractivity contribution is 0.0974. The summed E-state index contributed by atoms with van der Waals surface area (Å²) in [6.45, 7) is 2.45. The van der Waals surface area contributed by atoms with Gasteiger partial charge in [0.25, 0.3) is 5.91 Å². The third-order valence-corrected chi connectivity index (χ3v) is 4.68. The fraction of sp³-hybridized carbons (Fsp3) is 0.182. The lowest BCUT2D eigenvalue weighted by Gasteiger charge is -2.38. The highest BCUT2D eigenvalue weighted by atomic mass is 16.5. The van der Waals surface area contributed by atoms with E-state index in [1.54, 1.807) is 24.4 Å². The first kappa shape index (κ1) is 17.9. The van der Waals surface area contributed by atoms with Gasteiger partial charge in [-0.25, -0.2) is 0 Å². The Kier molecular flexibility index (Phi) is 4.85. The second kappa shape index (κ2) is 7.60. The van der Waals surface area contributed by atoms with Gasteiger partial charge in [0.15, 0.2) is 11.5 Å². The third kappa shape index (κ3) is 3.03. The topological polar surface area (TPSA) is 63.7 Å². The minimum atomic E-state index is -0.458. The molecule has 0 bridgehead atoms. The molecule has 1 amide bonds. The summed E-state index contributed by atoms with van der Waals surface area (Å²) in [6.07, 6.45) is 2.89. The number of pyridine rings is 1. The molecule has 1 aromatic heterocycles. The summed E-state index contributed by atoms with van der Waals surface area (Å²) in [5.41, 5.74) is 2.96. The molecule has 6 heteroatoms. The molecule has 28 heavy (non-hydrogen) atoms. The first-order valence-electron chi connectivity index (χ1n) is 9.13. The molecule has 3 aromatic rings. The first-order chi connectivity index (χ1) is 13.7. The molecule has 0 spiro atoms. The number of hydrogen-bond donors (Lipinski definition) is 1. The zero-order chi connectivity index (χ0) is 19.5. The van der Waals surface area contributed by atoms with Crippen molar-refractivity contribution in [3.05, 3.63) is 78.1 Å². The second-order valence-electron chi connectivity index (χ2n) is 6.28. The molecule has 1 aliphatic heterocycles. The van der Waals surface area contributed by atoms with Gasteiger partial charge in [0.2, 0.25) is 0 Å². The Hall–Kier alpha value is -3.54. The number of hydrogen-bond acceptors (Lipinski definition) is 5. The van der Waals surface area contributed by atoms with Crippen LogP contribution in [0.2, 0.25) is 0 Å². The highest BCUT2D eigenvalue weighted by Gasteiger charge is 2.36. The van der Waals surface area contributed by atoms with Crippen LogP contribution < -0.4 is 19.7 Å². The Bertz CT molecular complexity index is 991. The van der Waals surface area contributed by atoms with Gasteiger partial charge in [-0.15, -0.1) is 0 Å². The molecule has 0 saturated heterocycles. The van der Waals surface area contributed by atoms with E-state index in [1.165, 1.54) is 0 Å². The number of methoxy groups -OCH3 is 1. The summed E-state index contributed by atoms with van der Waals surface area (Å²) in [5, 5.41) is 3.49. The largest absolute Gasteiger partial charge is 0.492 e. The fourth-order valence-corrected chi connectivity index (χ4v) is 3.48.